The molecule has 30 heavy (non-hydrogen) atoms. The lowest BCUT2D eigenvalue weighted by Gasteiger charge is -2.30. The monoisotopic (exact) mass is 426 g/mol. The zero-order valence-corrected chi connectivity index (χ0v) is 18.7. The van der Waals surface area contributed by atoms with Crippen molar-refractivity contribution in [1.29, 1.82) is 0 Å². The maximum atomic E-state index is 12.8. The van der Waals surface area contributed by atoms with Crippen LogP contribution in [0.4, 0.5) is 5.69 Å². The highest BCUT2D eigenvalue weighted by Gasteiger charge is 2.30. The maximum absolute atomic E-state index is 12.8. The number of nitrogens with zero attached hydrogens (tertiary/aromatic N) is 1. The van der Waals surface area contributed by atoms with Gasteiger partial charge in [0.1, 0.15) is 0 Å². The summed E-state index contributed by atoms with van der Waals surface area (Å²) >= 11 is 0. The summed E-state index contributed by atoms with van der Waals surface area (Å²) in [6, 6.07) is 17.2. The number of para-hydroxylation sites is 1. The van der Waals surface area contributed by atoms with Gasteiger partial charge in [-0.2, -0.15) is 4.31 Å². The Kier molecular flexibility index (Phi) is 6.78. The Morgan fingerprint density at radius 3 is 2.23 bits per heavy atom. The summed E-state index contributed by atoms with van der Waals surface area (Å²) in [6.07, 6.45) is 2.64. The summed E-state index contributed by atoms with van der Waals surface area (Å²) in [5, 5.41) is 4.32. The number of piperidine rings is 1. The molecule has 0 aliphatic carbocycles. The van der Waals surface area contributed by atoms with E-state index in [0.717, 1.165) is 16.8 Å². The predicted molar refractivity (Wildman–Crippen MR) is 122 cm³/mol. The van der Waals surface area contributed by atoms with Crippen LogP contribution in [0.1, 0.15) is 44.7 Å². The number of rotatable bonds is 5. The molecule has 160 valence electrons. The largest absolute Gasteiger partial charge is 0.326 e. The van der Waals surface area contributed by atoms with Gasteiger partial charge in [-0.15, -0.1) is 0 Å². The van der Waals surface area contributed by atoms with Crippen LogP contribution < -0.4 is 5.32 Å². The van der Waals surface area contributed by atoms with Gasteiger partial charge in [0.15, 0.2) is 0 Å². The minimum absolute atomic E-state index is 0.0384. The van der Waals surface area contributed by atoms with E-state index in [4.69, 9.17) is 0 Å². The number of hydrogen-bond acceptors (Lipinski definition) is 3. The highest BCUT2D eigenvalue weighted by molar-refractivity contribution is 7.92. The van der Waals surface area contributed by atoms with Gasteiger partial charge in [-0.1, -0.05) is 69.3 Å². The molecule has 5 nitrogen and oxygen atoms in total. The molecule has 1 aliphatic heterocycles. The first-order valence-electron chi connectivity index (χ1n) is 10.3. The molecule has 0 spiro atoms. The molecule has 0 atom stereocenters. The van der Waals surface area contributed by atoms with Gasteiger partial charge in [-0.3, -0.25) is 4.79 Å². The molecule has 0 radical (unpaired) electrons. The van der Waals surface area contributed by atoms with Crippen LogP contribution in [0.15, 0.2) is 60.0 Å². The number of nitrogens with one attached hydrogen (secondary N) is 1. The second-order valence-corrected chi connectivity index (χ2v) is 10.5. The maximum Gasteiger partial charge on any atom is 0.236 e. The van der Waals surface area contributed by atoms with Crippen LogP contribution >= 0.6 is 0 Å². The van der Waals surface area contributed by atoms with E-state index in [-0.39, 0.29) is 17.2 Å². The number of amides is 1. The molecule has 1 fully saturated rings. The highest BCUT2D eigenvalue weighted by atomic mass is 32.2. The third kappa shape index (κ3) is 5.58. The van der Waals surface area contributed by atoms with Crippen LogP contribution in [-0.2, 0) is 20.2 Å². The van der Waals surface area contributed by atoms with E-state index in [1.807, 2.05) is 54.6 Å². The zero-order valence-electron chi connectivity index (χ0n) is 17.8. The van der Waals surface area contributed by atoms with E-state index >= 15 is 0 Å². The van der Waals surface area contributed by atoms with Gasteiger partial charge < -0.3 is 5.32 Å². The van der Waals surface area contributed by atoms with Gasteiger partial charge in [0.2, 0.25) is 15.9 Å². The zero-order chi connectivity index (χ0) is 21.8. The molecule has 0 unspecified atom stereocenters. The number of benzene rings is 2. The fourth-order valence-electron chi connectivity index (χ4n) is 3.67. The number of sulfonamides is 1. The van der Waals surface area contributed by atoms with Crippen molar-refractivity contribution in [2.45, 2.75) is 39.0 Å². The Hall–Kier alpha value is -2.44. The van der Waals surface area contributed by atoms with E-state index < -0.39 is 10.0 Å². The van der Waals surface area contributed by atoms with Crippen molar-refractivity contribution in [3.05, 3.63) is 71.1 Å². The third-order valence-corrected chi connectivity index (χ3v) is 6.97. The molecule has 6 heteroatoms. The smallest absolute Gasteiger partial charge is 0.236 e. The summed E-state index contributed by atoms with van der Waals surface area (Å²) in [4.78, 5) is 12.8. The van der Waals surface area contributed by atoms with Crippen LogP contribution in [0, 0.1) is 5.92 Å². The van der Waals surface area contributed by atoms with Gasteiger partial charge in [0.05, 0.1) is 0 Å². The predicted octanol–water partition coefficient (Wildman–Crippen LogP) is 4.64. The fraction of sp³-hybridized carbons (Fsp3) is 0.375. The normalized spacial score (nSPS) is 16.6. The van der Waals surface area contributed by atoms with Crippen molar-refractivity contribution in [1.82, 2.24) is 4.31 Å². The van der Waals surface area contributed by atoms with E-state index in [9.17, 15) is 13.2 Å². The molecule has 0 aromatic heterocycles. The van der Waals surface area contributed by atoms with Gasteiger partial charge in [-0.25, -0.2) is 8.42 Å². The van der Waals surface area contributed by atoms with E-state index in [1.165, 1.54) is 9.71 Å². The van der Waals surface area contributed by atoms with Crippen molar-refractivity contribution in [2.75, 3.05) is 18.4 Å². The van der Waals surface area contributed by atoms with Crippen LogP contribution in [0.2, 0.25) is 0 Å². The Balaban J connectivity index is 1.60. The molecule has 2 aromatic rings. The van der Waals surface area contributed by atoms with Crippen LogP contribution in [-0.4, -0.2) is 31.7 Å². The summed E-state index contributed by atoms with van der Waals surface area (Å²) in [5.41, 5.74) is 2.68. The molecule has 2 aromatic carbocycles. The van der Waals surface area contributed by atoms with Crippen LogP contribution in [0.5, 0.6) is 0 Å². The van der Waals surface area contributed by atoms with Crippen molar-refractivity contribution in [3.8, 4) is 0 Å². The number of carbonyl (C=O) groups excluding carboxylic acids is 1. The first-order valence-corrected chi connectivity index (χ1v) is 11.8. The quantitative estimate of drug-likeness (QED) is 0.758. The second-order valence-electron chi connectivity index (χ2n) is 8.72. The standard InChI is InChI=1S/C24H30N2O3S/c1-24(2,3)21-11-7-8-12-22(21)25-23(27)20-13-16-26(17-14-20)30(28,29)18-15-19-9-5-4-6-10-19/h4-12,15,18,20H,13-14,16-17H2,1-3H3,(H,25,27)/b18-15+. The number of anilines is 1. The Bertz CT molecular complexity index is 1000. The Morgan fingerprint density at radius 1 is 1.00 bits per heavy atom. The molecule has 1 amide bonds. The van der Waals surface area contributed by atoms with Crippen molar-refractivity contribution in [3.63, 3.8) is 0 Å². The number of hydrogen-bond donors (Lipinski definition) is 1. The molecule has 3 rings (SSSR count). The molecular formula is C24H30N2O3S. The third-order valence-electron chi connectivity index (χ3n) is 5.41. The molecule has 0 saturated carbocycles. The van der Waals surface area contributed by atoms with Gasteiger partial charge in [-0.05, 0) is 41.5 Å². The molecule has 0 bridgehead atoms. The molecule has 1 N–H and O–H groups in total. The first kappa shape index (κ1) is 22.2. The second kappa shape index (κ2) is 9.14. The minimum Gasteiger partial charge on any atom is -0.326 e. The van der Waals surface area contributed by atoms with Crippen molar-refractivity contribution in [2.24, 2.45) is 5.92 Å². The molecular weight excluding hydrogens is 396 g/mol. The lowest BCUT2D eigenvalue weighted by molar-refractivity contribution is -0.120. The average molecular weight is 427 g/mol. The summed E-state index contributed by atoms with van der Waals surface area (Å²) in [6.45, 7) is 7.04. The van der Waals surface area contributed by atoms with Crippen molar-refractivity contribution < 1.29 is 13.2 Å². The minimum atomic E-state index is -3.49. The summed E-state index contributed by atoms with van der Waals surface area (Å²) in [5.74, 6) is -0.230. The molecule has 1 aliphatic rings. The highest BCUT2D eigenvalue weighted by Crippen LogP contribution is 2.30. The first-order chi connectivity index (χ1) is 14.2. The SMILES string of the molecule is CC(C)(C)c1ccccc1NC(=O)C1CCN(S(=O)(=O)/C=C/c2ccccc2)CC1. The molecule has 1 heterocycles. The lowest BCUT2D eigenvalue weighted by Crippen LogP contribution is -2.40. The Labute approximate surface area is 179 Å². The summed E-state index contributed by atoms with van der Waals surface area (Å²) in [7, 11) is -3.49. The number of carbonyl (C=O) groups is 1. The van der Waals surface area contributed by atoms with Gasteiger partial charge in [0.25, 0.3) is 0 Å². The lowest BCUT2D eigenvalue weighted by atomic mass is 9.85. The van der Waals surface area contributed by atoms with Gasteiger partial charge >= 0.3 is 0 Å². The average Bonchev–Trinajstić information content (AvgIpc) is 2.73. The van der Waals surface area contributed by atoms with E-state index in [2.05, 4.69) is 26.1 Å². The van der Waals surface area contributed by atoms with Crippen LogP contribution in [0.25, 0.3) is 6.08 Å². The van der Waals surface area contributed by atoms with Crippen molar-refractivity contribution >= 4 is 27.7 Å². The van der Waals surface area contributed by atoms with E-state index in [1.54, 1.807) is 6.08 Å². The molecule has 1 saturated heterocycles. The Morgan fingerprint density at radius 2 is 1.60 bits per heavy atom. The van der Waals surface area contributed by atoms with Gasteiger partial charge in [0, 0.05) is 30.1 Å². The fourth-order valence-corrected chi connectivity index (χ4v) is 4.89. The topological polar surface area (TPSA) is 66.5 Å². The van der Waals surface area contributed by atoms with Crippen LogP contribution in [0.3, 0.4) is 0 Å². The summed E-state index contributed by atoms with van der Waals surface area (Å²) < 4.78 is 26.7. The van der Waals surface area contributed by atoms with E-state index in [0.29, 0.717) is 25.9 Å².